The molecule has 0 unspecified atom stereocenters. The largest absolute Gasteiger partial charge is 0.235 e. The molecule has 0 heterocycles. The van der Waals surface area contributed by atoms with E-state index in [1.165, 1.54) is 17.4 Å². The third-order valence-corrected chi connectivity index (χ3v) is 4.31. The molecule has 0 aromatic carbocycles. The minimum Gasteiger partial charge on any atom is -0.212 e. The predicted molar refractivity (Wildman–Crippen MR) is 63.5 cm³/mol. The van der Waals surface area contributed by atoms with Crippen LogP contribution in [0.5, 0.6) is 0 Å². The fourth-order valence-corrected chi connectivity index (χ4v) is 1.96. The molecule has 0 aromatic heterocycles. The molecular formula is C10H20N2O3S. The van der Waals surface area contributed by atoms with E-state index in [1.54, 1.807) is 6.92 Å². The Morgan fingerprint density at radius 1 is 1.38 bits per heavy atom. The Morgan fingerprint density at radius 2 is 1.88 bits per heavy atom. The van der Waals surface area contributed by atoms with Gasteiger partial charge in [0.1, 0.15) is 0 Å². The molecule has 0 bridgehead atoms. The molecule has 0 aliphatic carbocycles. The van der Waals surface area contributed by atoms with Crippen LogP contribution in [0.2, 0.25) is 0 Å². The van der Waals surface area contributed by atoms with Crippen LogP contribution in [0.25, 0.3) is 0 Å². The predicted octanol–water partition coefficient (Wildman–Crippen LogP) is 1.02. The Kier molecular flexibility index (Phi) is 5.32. The van der Waals surface area contributed by atoms with Crippen molar-refractivity contribution < 1.29 is 13.2 Å². The van der Waals surface area contributed by atoms with Crippen LogP contribution < -0.4 is 0 Å². The maximum absolute atomic E-state index is 11.6. The minimum atomic E-state index is -3.23. The molecule has 0 saturated heterocycles. The van der Waals surface area contributed by atoms with Crippen LogP contribution in [0.1, 0.15) is 27.7 Å². The fourth-order valence-electron chi connectivity index (χ4n) is 1.15. The van der Waals surface area contributed by atoms with Gasteiger partial charge in [-0.2, -0.15) is 0 Å². The summed E-state index contributed by atoms with van der Waals surface area (Å²) in [5.41, 5.74) is -0.269. The van der Waals surface area contributed by atoms with Gasteiger partial charge in [-0.15, -0.1) is 0 Å². The van der Waals surface area contributed by atoms with Crippen molar-refractivity contribution in [2.45, 2.75) is 33.7 Å². The molecule has 16 heavy (non-hydrogen) atoms. The molecule has 0 aromatic rings. The lowest BCUT2D eigenvalue weighted by Gasteiger charge is -2.29. The van der Waals surface area contributed by atoms with Crippen molar-refractivity contribution in [1.82, 2.24) is 4.31 Å². The van der Waals surface area contributed by atoms with Gasteiger partial charge in [0.2, 0.25) is 16.1 Å². The number of carbonyl (C=O) groups excluding carboxylic acids is 1. The van der Waals surface area contributed by atoms with E-state index in [0.29, 0.717) is 0 Å². The average molecular weight is 248 g/mol. The van der Waals surface area contributed by atoms with E-state index in [1.807, 2.05) is 20.8 Å². The van der Waals surface area contributed by atoms with Gasteiger partial charge >= 0.3 is 0 Å². The van der Waals surface area contributed by atoms with E-state index in [9.17, 15) is 13.2 Å². The quantitative estimate of drug-likeness (QED) is 0.539. The third-order valence-electron chi connectivity index (χ3n) is 2.48. The zero-order chi connectivity index (χ0) is 13.0. The maximum Gasteiger partial charge on any atom is 0.235 e. The van der Waals surface area contributed by atoms with Crippen LogP contribution >= 0.6 is 0 Å². The van der Waals surface area contributed by atoms with Gasteiger partial charge in [0.25, 0.3) is 0 Å². The first-order chi connectivity index (χ1) is 7.15. The van der Waals surface area contributed by atoms with Crippen molar-refractivity contribution in [1.29, 1.82) is 0 Å². The van der Waals surface area contributed by atoms with Crippen LogP contribution in [0.4, 0.5) is 0 Å². The van der Waals surface area contributed by atoms with E-state index >= 15 is 0 Å². The highest BCUT2D eigenvalue weighted by Crippen LogP contribution is 2.23. The molecule has 1 atom stereocenters. The van der Waals surface area contributed by atoms with Crippen LogP contribution in [0.15, 0.2) is 4.99 Å². The number of rotatable bonds is 5. The Hall–Kier alpha value is -0.710. The number of hydrogen-bond acceptors (Lipinski definition) is 4. The summed E-state index contributed by atoms with van der Waals surface area (Å²) in [5.74, 6) is 0.0468. The van der Waals surface area contributed by atoms with Crippen molar-refractivity contribution in [3.63, 3.8) is 0 Å². The lowest BCUT2D eigenvalue weighted by atomic mass is 9.87. The highest BCUT2D eigenvalue weighted by Gasteiger charge is 2.28. The van der Waals surface area contributed by atoms with E-state index in [-0.39, 0.29) is 23.8 Å². The molecule has 0 rings (SSSR count). The number of likely N-dealkylation sites (N-methyl/N-ethyl adjacent to an activating group) is 1. The molecule has 0 saturated carbocycles. The van der Waals surface area contributed by atoms with E-state index in [0.717, 1.165) is 0 Å². The Labute approximate surface area is 97.6 Å². The summed E-state index contributed by atoms with van der Waals surface area (Å²) >= 11 is 0. The lowest BCUT2D eigenvalue weighted by molar-refractivity contribution is 0.281. The summed E-state index contributed by atoms with van der Waals surface area (Å²) in [5, 5.41) is 0. The zero-order valence-electron chi connectivity index (χ0n) is 10.5. The number of hydrogen-bond donors (Lipinski definition) is 0. The summed E-state index contributed by atoms with van der Waals surface area (Å²) in [6, 6.07) is -0.378. The van der Waals surface area contributed by atoms with Gasteiger partial charge in [0, 0.05) is 13.6 Å². The van der Waals surface area contributed by atoms with E-state index in [2.05, 4.69) is 4.99 Å². The van der Waals surface area contributed by atoms with E-state index in [4.69, 9.17) is 0 Å². The Balaban J connectivity index is 4.86. The van der Waals surface area contributed by atoms with Crippen molar-refractivity contribution in [2.24, 2.45) is 10.4 Å². The van der Waals surface area contributed by atoms with Crippen LogP contribution in [0.3, 0.4) is 0 Å². The van der Waals surface area contributed by atoms with Crippen LogP contribution in [-0.2, 0) is 14.8 Å². The van der Waals surface area contributed by atoms with Gasteiger partial charge < -0.3 is 0 Å². The average Bonchev–Trinajstić information content (AvgIpc) is 2.15. The first-order valence-electron chi connectivity index (χ1n) is 5.16. The Bertz CT molecular complexity index is 364. The molecule has 5 nitrogen and oxygen atoms in total. The maximum atomic E-state index is 11.6. The summed E-state index contributed by atoms with van der Waals surface area (Å²) in [6.45, 7) is 7.51. The first kappa shape index (κ1) is 15.3. The minimum absolute atomic E-state index is 0.0468. The van der Waals surface area contributed by atoms with Crippen LogP contribution in [-0.4, -0.2) is 44.2 Å². The monoisotopic (exact) mass is 248 g/mol. The summed E-state index contributed by atoms with van der Waals surface area (Å²) < 4.78 is 24.3. The highest BCUT2D eigenvalue weighted by atomic mass is 32.2. The second-order valence-corrected chi connectivity index (χ2v) is 7.15. The van der Waals surface area contributed by atoms with Gasteiger partial charge in [0.05, 0.1) is 11.8 Å². The molecular weight excluding hydrogens is 228 g/mol. The summed E-state index contributed by atoms with van der Waals surface area (Å²) in [6.07, 6.45) is 1.50. The van der Waals surface area contributed by atoms with E-state index < -0.39 is 10.0 Å². The molecule has 0 radical (unpaired) electrons. The number of aliphatic imine (C=N–C) groups is 1. The number of nitrogens with zero attached hydrogens (tertiary/aromatic N) is 2. The van der Waals surface area contributed by atoms with Crippen molar-refractivity contribution in [3.05, 3.63) is 0 Å². The van der Waals surface area contributed by atoms with Gasteiger partial charge in [-0.1, -0.05) is 20.8 Å². The molecule has 0 fully saturated rings. The molecule has 0 spiro atoms. The molecule has 94 valence electrons. The van der Waals surface area contributed by atoms with Gasteiger partial charge in [0.15, 0.2) is 0 Å². The summed E-state index contributed by atoms with van der Waals surface area (Å²) in [4.78, 5) is 14.0. The van der Waals surface area contributed by atoms with Gasteiger partial charge in [-0.25, -0.2) is 22.5 Å². The van der Waals surface area contributed by atoms with Crippen molar-refractivity contribution >= 4 is 16.1 Å². The molecule has 6 heteroatoms. The SMILES string of the molecule is CCS(=O)(=O)N(C)C[C@@H](N=C=O)C(C)(C)C. The van der Waals surface area contributed by atoms with Crippen molar-refractivity contribution in [3.8, 4) is 0 Å². The standard InChI is InChI=1S/C10H20N2O3S/c1-6-16(14,15)12(5)7-9(11-8-13)10(2,3)4/h9H,6-7H2,1-5H3/t9-/m1/s1. The number of sulfonamides is 1. The zero-order valence-corrected chi connectivity index (χ0v) is 11.3. The highest BCUT2D eigenvalue weighted by molar-refractivity contribution is 7.89. The van der Waals surface area contributed by atoms with Crippen molar-refractivity contribution in [2.75, 3.05) is 19.3 Å². The first-order valence-corrected chi connectivity index (χ1v) is 6.77. The van der Waals surface area contributed by atoms with Crippen LogP contribution in [0, 0.1) is 5.41 Å². The third kappa shape index (κ3) is 4.43. The normalized spacial score (nSPS) is 14.6. The molecule has 0 N–H and O–H groups in total. The second kappa shape index (κ2) is 5.57. The molecule has 0 aliphatic heterocycles. The topological polar surface area (TPSA) is 66.8 Å². The smallest absolute Gasteiger partial charge is 0.212 e. The van der Waals surface area contributed by atoms with Gasteiger partial charge in [-0.05, 0) is 12.3 Å². The second-order valence-electron chi connectivity index (χ2n) is 4.78. The fraction of sp³-hybridized carbons (Fsp3) is 0.900. The molecule has 0 amide bonds. The lowest BCUT2D eigenvalue weighted by Crippen LogP contribution is -2.40. The molecule has 0 aliphatic rings. The summed E-state index contributed by atoms with van der Waals surface area (Å²) in [7, 11) is -1.73. The number of isocyanates is 1. The Morgan fingerprint density at radius 3 is 2.19 bits per heavy atom. The van der Waals surface area contributed by atoms with Gasteiger partial charge in [-0.3, -0.25) is 0 Å².